The third-order valence-electron chi connectivity index (χ3n) is 4.09. The number of carbonyl (C=O) groups is 2. The van der Waals surface area contributed by atoms with Crippen LogP contribution in [-0.4, -0.2) is 49.3 Å². The van der Waals surface area contributed by atoms with Crippen LogP contribution in [0.1, 0.15) is 12.5 Å². The first-order chi connectivity index (χ1) is 12.7. The van der Waals surface area contributed by atoms with Crippen molar-refractivity contribution in [2.24, 2.45) is 0 Å². The fourth-order valence-electron chi connectivity index (χ4n) is 2.76. The lowest BCUT2D eigenvalue weighted by Gasteiger charge is -2.23. The predicted molar refractivity (Wildman–Crippen MR) is 103 cm³/mol. The zero-order chi connectivity index (χ0) is 19.9. The number of aliphatic hydroxyl groups is 1. The van der Waals surface area contributed by atoms with Gasteiger partial charge >= 0.3 is 5.97 Å². The lowest BCUT2D eigenvalue weighted by molar-refractivity contribution is -0.137. The first kappa shape index (κ1) is 19.5. The van der Waals surface area contributed by atoms with Crippen LogP contribution >= 0.6 is 23.1 Å². The molecule has 0 fully saturated rings. The molecule has 2 heterocycles. The molecule has 0 aliphatic carbocycles. The Kier molecular flexibility index (Phi) is 5.06. The second-order valence-corrected chi connectivity index (χ2v) is 9.40. The SMILES string of the molecule is CCS(=O)(=O)c1cccc2c3c(sc12)N(Cl)CC(C(=O)NCC(=O)O)=C3O. The average Bonchev–Trinajstić information content (AvgIpc) is 3.02. The maximum atomic E-state index is 12.4. The van der Waals surface area contributed by atoms with Gasteiger partial charge in [-0.25, -0.2) is 8.42 Å². The normalized spacial score (nSPS) is 14.4. The summed E-state index contributed by atoms with van der Waals surface area (Å²) < 4.78 is 26.4. The van der Waals surface area contributed by atoms with E-state index in [1.807, 2.05) is 0 Å². The Balaban J connectivity index is 2.19. The molecule has 0 saturated carbocycles. The lowest BCUT2D eigenvalue weighted by Crippen LogP contribution is -2.35. The highest BCUT2D eigenvalue weighted by molar-refractivity contribution is 7.91. The Bertz CT molecular complexity index is 1090. The molecule has 0 bridgehead atoms. The monoisotopic (exact) mass is 430 g/mol. The van der Waals surface area contributed by atoms with Crippen molar-refractivity contribution in [2.75, 3.05) is 23.3 Å². The van der Waals surface area contributed by atoms with E-state index in [1.165, 1.54) is 17.4 Å². The summed E-state index contributed by atoms with van der Waals surface area (Å²) >= 11 is 7.35. The van der Waals surface area contributed by atoms with Gasteiger partial charge in [-0.1, -0.05) is 19.1 Å². The minimum atomic E-state index is -3.50. The zero-order valence-corrected chi connectivity index (χ0v) is 16.4. The molecule has 144 valence electrons. The van der Waals surface area contributed by atoms with Crippen molar-refractivity contribution in [1.82, 2.24) is 5.32 Å². The molecular weight excluding hydrogens is 416 g/mol. The van der Waals surface area contributed by atoms with E-state index in [0.717, 1.165) is 11.3 Å². The number of hydrogen-bond acceptors (Lipinski definition) is 7. The molecule has 3 rings (SSSR count). The van der Waals surface area contributed by atoms with Crippen molar-refractivity contribution in [3.63, 3.8) is 0 Å². The molecule has 27 heavy (non-hydrogen) atoms. The third kappa shape index (κ3) is 3.35. The Morgan fingerprint density at radius 2 is 2.07 bits per heavy atom. The molecular formula is C16H15ClN2O6S2. The van der Waals surface area contributed by atoms with E-state index in [9.17, 15) is 23.1 Å². The number of nitrogens with zero attached hydrogens (tertiary/aromatic N) is 1. The minimum absolute atomic E-state index is 0.0794. The predicted octanol–water partition coefficient (Wildman–Crippen LogP) is 2.14. The van der Waals surface area contributed by atoms with Gasteiger partial charge in [0.2, 0.25) is 0 Å². The number of thiophene rings is 1. The fourth-order valence-corrected chi connectivity index (χ4v) is 5.68. The number of carboxylic acids is 1. The van der Waals surface area contributed by atoms with Crippen LogP contribution in [0.5, 0.6) is 0 Å². The number of anilines is 1. The van der Waals surface area contributed by atoms with E-state index in [-0.39, 0.29) is 34.1 Å². The Morgan fingerprint density at radius 3 is 2.70 bits per heavy atom. The van der Waals surface area contributed by atoms with Crippen molar-refractivity contribution >= 4 is 65.7 Å². The third-order valence-corrected chi connectivity index (χ3v) is 7.64. The van der Waals surface area contributed by atoms with Gasteiger partial charge in [0.1, 0.15) is 17.3 Å². The van der Waals surface area contributed by atoms with Crippen molar-refractivity contribution in [1.29, 1.82) is 0 Å². The molecule has 1 amide bonds. The van der Waals surface area contributed by atoms with Gasteiger partial charge in [-0.3, -0.25) is 14.0 Å². The Labute approximate surface area is 163 Å². The maximum Gasteiger partial charge on any atom is 0.322 e. The summed E-state index contributed by atoms with van der Waals surface area (Å²) in [5.41, 5.74) is 0.159. The summed E-state index contributed by atoms with van der Waals surface area (Å²) in [6.07, 6.45) is 0. The highest BCUT2D eigenvalue weighted by Gasteiger charge is 2.32. The maximum absolute atomic E-state index is 12.4. The number of amides is 1. The number of fused-ring (bicyclic) bond motifs is 3. The number of nitrogens with one attached hydrogen (secondary N) is 1. The van der Waals surface area contributed by atoms with E-state index < -0.39 is 28.3 Å². The molecule has 1 aromatic carbocycles. The van der Waals surface area contributed by atoms with Gasteiger partial charge in [0.25, 0.3) is 5.91 Å². The van der Waals surface area contributed by atoms with Crippen molar-refractivity contribution < 1.29 is 28.2 Å². The molecule has 11 heteroatoms. The summed E-state index contributed by atoms with van der Waals surface area (Å²) in [5.74, 6) is -2.41. The molecule has 2 aromatic rings. The Hall–Kier alpha value is -2.30. The van der Waals surface area contributed by atoms with Gasteiger partial charge in [0, 0.05) is 17.2 Å². The second kappa shape index (κ2) is 7.02. The van der Waals surface area contributed by atoms with E-state index in [0.29, 0.717) is 15.1 Å². The number of aliphatic carboxylic acids is 1. The standard InChI is InChI=1S/C16H15ClN2O6S2/c1-2-27(24,25)10-5-3-4-8-12-13(22)9(15(23)18-6-11(20)21)7-19(17)16(12)26-14(8)10/h3-5,22H,2,6-7H2,1H3,(H,18,23)(H,20,21). The second-order valence-electron chi connectivity index (χ2n) is 5.74. The number of hydrogen-bond donors (Lipinski definition) is 3. The van der Waals surface area contributed by atoms with Crippen LogP contribution in [0.15, 0.2) is 28.7 Å². The number of halogens is 1. The van der Waals surface area contributed by atoms with Crippen molar-refractivity contribution in [3.05, 3.63) is 29.3 Å². The van der Waals surface area contributed by atoms with Crippen LogP contribution in [-0.2, 0) is 19.4 Å². The smallest absolute Gasteiger partial charge is 0.322 e. The van der Waals surface area contributed by atoms with Gasteiger partial charge in [-0.15, -0.1) is 11.3 Å². The number of aliphatic hydroxyl groups excluding tert-OH is 1. The molecule has 1 aliphatic rings. The van der Waals surface area contributed by atoms with Crippen LogP contribution in [0.25, 0.3) is 15.8 Å². The first-order valence-corrected chi connectivity index (χ1v) is 10.6. The molecule has 8 nitrogen and oxygen atoms in total. The summed E-state index contributed by atoms with van der Waals surface area (Å²) in [5, 5.41) is 22.4. The number of rotatable bonds is 5. The van der Waals surface area contributed by atoms with E-state index in [1.54, 1.807) is 12.1 Å². The number of carbonyl (C=O) groups excluding carboxylic acids is 1. The van der Waals surface area contributed by atoms with E-state index in [2.05, 4.69) is 5.32 Å². The van der Waals surface area contributed by atoms with Crippen LogP contribution in [0.4, 0.5) is 5.00 Å². The molecule has 0 radical (unpaired) electrons. The number of carboxylic acid groups (broad SMARTS) is 1. The molecule has 1 aliphatic heterocycles. The van der Waals surface area contributed by atoms with Gasteiger partial charge < -0.3 is 15.5 Å². The zero-order valence-electron chi connectivity index (χ0n) is 14.0. The summed E-state index contributed by atoms with van der Waals surface area (Å²) in [4.78, 5) is 23.0. The van der Waals surface area contributed by atoms with Gasteiger partial charge in [-0.05, 0) is 6.07 Å². The highest BCUT2D eigenvalue weighted by atomic mass is 35.5. The van der Waals surface area contributed by atoms with E-state index >= 15 is 0 Å². The van der Waals surface area contributed by atoms with E-state index in [4.69, 9.17) is 16.9 Å². The van der Waals surface area contributed by atoms with Crippen molar-refractivity contribution in [3.8, 4) is 0 Å². The van der Waals surface area contributed by atoms with Crippen LogP contribution in [0.2, 0.25) is 0 Å². The molecule has 0 spiro atoms. The molecule has 0 atom stereocenters. The van der Waals surface area contributed by atoms with Gasteiger partial charge in [0.15, 0.2) is 9.84 Å². The molecule has 0 unspecified atom stereocenters. The van der Waals surface area contributed by atoms with Crippen LogP contribution in [0.3, 0.4) is 0 Å². The van der Waals surface area contributed by atoms with Crippen LogP contribution in [0, 0.1) is 0 Å². The molecule has 1 aromatic heterocycles. The topological polar surface area (TPSA) is 124 Å². The highest BCUT2D eigenvalue weighted by Crippen LogP contribution is 2.47. The van der Waals surface area contributed by atoms with Gasteiger partial charge in [0.05, 0.1) is 33.0 Å². The largest absolute Gasteiger partial charge is 0.507 e. The van der Waals surface area contributed by atoms with Gasteiger partial charge in [-0.2, -0.15) is 0 Å². The summed E-state index contributed by atoms with van der Waals surface area (Å²) in [6, 6.07) is 4.68. The summed E-state index contributed by atoms with van der Waals surface area (Å²) in [6.45, 7) is 0.778. The average molecular weight is 431 g/mol. The lowest BCUT2D eigenvalue weighted by atomic mass is 10.0. The molecule has 3 N–H and O–H groups in total. The fraction of sp³-hybridized carbons (Fsp3) is 0.250. The van der Waals surface area contributed by atoms with Crippen molar-refractivity contribution in [2.45, 2.75) is 11.8 Å². The summed E-state index contributed by atoms with van der Waals surface area (Å²) in [7, 11) is -3.50. The Morgan fingerprint density at radius 1 is 1.37 bits per heavy atom. The first-order valence-electron chi connectivity index (χ1n) is 7.81. The quantitative estimate of drug-likeness (QED) is 0.620. The number of sulfone groups is 1. The van der Waals surface area contributed by atoms with Crippen LogP contribution < -0.4 is 9.74 Å². The molecule has 0 saturated heterocycles. The number of benzene rings is 1. The minimum Gasteiger partial charge on any atom is -0.507 e.